The summed E-state index contributed by atoms with van der Waals surface area (Å²) in [6.45, 7) is 9.22. The molecule has 7 heteroatoms. The number of aromatic nitrogens is 2. The van der Waals surface area contributed by atoms with Crippen molar-refractivity contribution in [2.45, 2.75) is 56.9 Å². The minimum atomic E-state index is -3.48. The van der Waals surface area contributed by atoms with Gasteiger partial charge in [0.05, 0.1) is 10.6 Å². The third kappa shape index (κ3) is 4.65. The van der Waals surface area contributed by atoms with E-state index >= 15 is 0 Å². The first-order valence-electron chi connectivity index (χ1n) is 9.33. The number of nitrogens with one attached hydrogen (secondary N) is 1. The van der Waals surface area contributed by atoms with Crippen molar-refractivity contribution >= 4 is 16.0 Å². The highest BCUT2D eigenvalue weighted by Gasteiger charge is 2.30. The molecule has 2 heterocycles. The summed E-state index contributed by atoms with van der Waals surface area (Å²) in [5.74, 6) is 0.557. The molecule has 0 spiro atoms. The average molecular weight is 389 g/mol. The zero-order valence-corrected chi connectivity index (χ0v) is 17.3. The van der Waals surface area contributed by atoms with Crippen LogP contribution in [0.1, 0.15) is 44.9 Å². The van der Waals surface area contributed by atoms with Crippen LogP contribution in [0.25, 0.3) is 0 Å². The van der Waals surface area contributed by atoms with Gasteiger partial charge in [0.15, 0.2) is 0 Å². The molecule has 0 radical (unpaired) electrons. The molecule has 6 nitrogen and oxygen atoms in total. The van der Waals surface area contributed by atoms with Gasteiger partial charge in [0.2, 0.25) is 16.0 Å². The normalized spacial score (nSPS) is 19.0. The van der Waals surface area contributed by atoms with Crippen LogP contribution >= 0.6 is 0 Å². The molecule has 0 bridgehead atoms. The second-order valence-electron chi connectivity index (χ2n) is 8.18. The Kier molecular flexibility index (Phi) is 5.53. The van der Waals surface area contributed by atoms with Gasteiger partial charge >= 0.3 is 0 Å². The molecule has 1 atom stereocenters. The molecule has 1 unspecified atom stereocenters. The molecule has 1 fully saturated rings. The predicted molar refractivity (Wildman–Crippen MR) is 107 cm³/mol. The largest absolute Gasteiger partial charge is 0.350 e. The summed E-state index contributed by atoms with van der Waals surface area (Å²) in [7, 11) is -3.48. The molecule has 27 heavy (non-hydrogen) atoms. The molecule has 146 valence electrons. The van der Waals surface area contributed by atoms with E-state index in [0.29, 0.717) is 23.9 Å². The number of hydrogen-bond acceptors (Lipinski definition) is 5. The summed E-state index contributed by atoms with van der Waals surface area (Å²) in [6.07, 6.45) is 3.45. The number of nitrogens with zero attached hydrogens (tertiary/aromatic N) is 3. The summed E-state index contributed by atoms with van der Waals surface area (Å²) in [4.78, 5) is 9.26. The maximum Gasteiger partial charge on any atom is 0.243 e. The fourth-order valence-electron chi connectivity index (χ4n) is 3.17. The zero-order chi connectivity index (χ0) is 19.7. The maximum atomic E-state index is 12.9. The van der Waals surface area contributed by atoms with Crippen molar-refractivity contribution in [2.24, 2.45) is 0 Å². The van der Waals surface area contributed by atoms with E-state index in [1.165, 1.54) is 0 Å². The molecule has 1 saturated heterocycles. The third-order valence-electron chi connectivity index (χ3n) is 4.80. The van der Waals surface area contributed by atoms with E-state index in [4.69, 9.17) is 0 Å². The highest BCUT2D eigenvalue weighted by Crippen LogP contribution is 2.24. The standard InChI is InChI=1S/C20H28N4O2S/c1-15-7-9-17(10-8-15)27(25,26)24-13-5-6-16(14-24)22-19-21-12-11-18(23-19)20(2,3)4/h7-12,16H,5-6,13-14H2,1-4H3,(H,21,22,23). The number of anilines is 1. The van der Waals surface area contributed by atoms with Gasteiger partial charge in [-0.3, -0.25) is 0 Å². The second kappa shape index (κ2) is 7.56. The molecule has 1 N–H and O–H groups in total. The molecule has 0 aliphatic carbocycles. The van der Waals surface area contributed by atoms with Crippen LogP contribution in [-0.4, -0.2) is 41.8 Å². The quantitative estimate of drug-likeness (QED) is 0.869. The van der Waals surface area contributed by atoms with E-state index in [1.807, 2.05) is 25.1 Å². The summed E-state index contributed by atoms with van der Waals surface area (Å²) in [6, 6.07) is 8.93. The smallest absolute Gasteiger partial charge is 0.243 e. The van der Waals surface area contributed by atoms with E-state index in [2.05, 4.69) is 36.1 Å². The van der Waals surface area contributed by atoms with Gasteiger partial charge in [-0.25, -0.2) is 18.4 Å². The summed E-state index contributed by atoms with van der Waals surface area (Å²) in [5, 5.41) is 3.33. The van der Waals surface area contributed by atoms with E-state index in [-0.39, 0.29) is 11.5 Å². The fourth-order valence-corrected chi connectivity index (χ4v) is 4.69. The van der Waals surface area contributed by atoms with Gasteiger partial charge in [-0.15, -0.1) is 0 Å². The van der Waals surface area contributed by atoms with Crippen LogP contribution in [0.3, 0.4) is 0 Å². The molecule has 3 rings (SSSR count). The Hall–Kier alpha value is -1.99. The van der Waals surface area contributed by atoms with Crippen molar-refractivity contribution in [2.75, 3.05) is 18.4 Å². The number of aryl methyl sites for hydroxylation is 1. The minimum Gasteiger partial charge on any atom is -0.350 e. The number of rotatable bonds is 4. The topological polar surface area (TPSA) is 75.2 Å². The van der Waals surface area contributed by atoms with Gasteiger partial charge < -0.3 is 5.32 Å². The first kappa shape index (κ1) is 19.8. The number of sulfonamides is 1. The summed E-state index contributed by atoms with van der Waals surface area (Å²) < 4.78 is 27.5. The molecule has 1 aromatic heterocycles. The van der Waals surface area contributed by atoms with Crippen molar-refractivity contribution < 1.29 is 8.42 Å². The zero-order valence-electron chi connectivity index (χ0n) is 16.4. The van der Waals surface area contributed by atoms with Crippen molar-refractivity contribution in [1.29, 1.82) is 0 Å². The van der Waals surface area contributed by atoms with E-state index in [9.17, 15) is 8.42 Å². The molecule has 1 aromatic carbocycles. The Morgan fingerprint density at radius 3 is 2.52 bits per heavy atom. The maximum absolute atomic E-state index is 12.9. The molecule has 1 aliphatic heterocycles. The fraction of sp³-hybridized carbons (Fsp3) is 0.500. The van der Waals surface area contributed by atoms with Gasteiger partial charge in [-0.05, 0) is 38.0 Å². The predicted octanol–water partition coefficient (Wildman–Crippen LogP) is 3.35. The lowest BCUT2D eigenvalue weighted by atomic mass is 9.92. The van der Waals surface area contributed by atoms with Gasteiger partial charge in [0.25, 0.3) is 0 Å². The third-order valence-corrected chi connectivity index (χ3v) is 6.68. The molecule has 1 aliphatic rings. The number of benzene rings is 1. The van der Waals surface area contributed by atoms with Crippen LogP contribution in [-0.2, 0) is 15.4 Å². The monoisotopic (exact) mass is 388 g/mol. The lowest BCUT2D eigenvalue weighted by molar-refractivity contribution is 0.326. The number of hydrogen-bond donors (Lipinski definition) is 1. The Labute approximate surface area is 162 Å². The summed E-state index contributed by atoms with van der Waals surface area (Å²) >= 11 is 0. The lowest BCUT2D eigenvalue weighted by Gasteiger charge is -2.32. The van der Waals surface area contributed by atoms with Crippen LogP contribution in [0.15, 0.2) is 41.4 Å². The first-order chi connectivity index (χ1) is 12.7. The Morgan fingerprint density at radius 1 is 1.15 bits per heavy atom. The van der Waals surface area contributed by atoms with Crippen LogP contribution in [0.4, 0.5) is 5.95 Å². The molecular formula is C20H28N4O2S. The van der Waals surface area contributed by atoms with Crippen molar-refractivity contribution in [1.82, 2.24) is 14.3 Å². The number of piperidine rings is 1. The van der Waals surface area contributed by atoms with Gasteiger partial charge in [-0.1, -0.05) is 38.5 Å². The van der Waals surface area contributed by atoms with Crippen LogP contribution in [0, 0.1) is 6.92 Å². The van der Waals surface area contributed by atoms with Crippen molar-refractivity contribution in [3.63, 3.8) is 0 Å². The Balaban J connectivity index is 1.74. The highest BCUT2D eigenvalue weighted by atomic mass is 32.2. The molecule has 2 aromatic rings. The first-order valence-corrected chi connectivity index (χ1v) is 10.8. The van der Waals surface area contributed by atoms with Gasteiger partial charge in [-0.2, -0.15) is 4.31 Å². The van der Waals surface area contributed by atoms with Gasteiger partial charge in [0, 0.05) is 30.7 Å². The average Bonchev–Trinajstić information content (AvgIpc) is 2.62. The Bertz CT molecular complexity index is 889. The van der Waals surface area contributed by atoms with Crippen molar-refractivity contribution in [3.05, 3.63) is 47.8 Å². The Morgan fingerprint density at radius 2 is 1.85 bits per heavy atom. The summed E-state index contributed by atoms with van der Waals surface area (Å²) in [5.41, 5.74) is 1.94. The van der Waals surface area contributed by atoms with E-state index in [1.54, 1.807) is 22.6 Å². The SMILES string of the molecule is Cc1ccc(S(=O)(=O)N2CCCC(Nc3nccc(C(C)(C)C)n3)C2)cc1. The van der Waals surface area contributed by atoms with E-state index in [0.717, 1.165) is 24.1 Å². The lowest BCUT2D eigenvalue weighted by Crippen LogP contribution is -2.45. The second-order valence-corrected chi connectivity index (χ2v) is 10.1. The van der Waals surface area contributed by atoms with Crippen LogP contribution in [0.5, 0.6) is 0 Å². The molecular weight excluding hydrogens is 360 g/mol. The minimum absolute atomic E-state index is 0.00538. The van der Waals surface area contributed by atoms with Crippen LogP contribution in [0.2, 0.25) is 0 Å². The van der Waals surface area contributed by atoms with Gasteiger partial charge in [0.1, 0.15) is 0 Å². The van der Waals surface area contributed by atoms with Crippen LogP contribution < -0.4 is 5.32 Å². The van der Waals surface area contributed by atoms with E-state index < -0.39 is 10.0 Å². The molecule has 0 saturated carbocycles. The van der Waals surface area contributed by atoms with Crippen molar-refractivity contribution in [3.8, 4) is 0 Å². The molecule has 0 amide bonds. The highest BCUT2D eigenvalue weighted by molar-refractivity contribution is 7.89.